The maximum absolute atomic E-state index is 12.9. The molecule has 0 saturated carbocycles. The van der Waals surface area contributed by atoms with Gasteiger partial charge in [0.05, 0.1) is 12.8 Å². The number of piperazine rings is 1. The number of sulfonamides is 1. The summed E-state index contributed by atoms with van der Waals surface area (Å²) in [5, 5.41) is 10.3. The van der Waals surface area contributed by atoms with Gasteiger partial charge < -0.3 is 14.7 Å². The van der Waals surface area contributed by atoms with Crippen LogP contribution in [-0.4, -0.2) is 51.1 Å². The highest BCUT2D eigenvalue weighted by molar-refractivity contribution is 7.89. The summed E-state index contributed by atoms with van der Waals surface area (Å²) >= 11 is 5.96. The average Bonchev–Trinajstić information content (AvgIpc) is 2.62. The molecular weight excluding hydrogens is 364 g/mol. The number of para-hydroxylation sites is 2. The number of rotatable bonds is 4. The van der Waals surface area contributed by atoms with Crippen molar-refractivity contribution < 1.29 is 18.3 Å². The summed E-state index contributed by atoms with van der Waals surface area (Å²) in [6.07, 6.45) is 0. The Kier molecular flexibility index (Phi) is 5.08. The molecule has 1 N–H and O–H groups in total. The molecular formula is C17H19ClN2O4S. The fourth-order valence-corrected chi connectivity index (χ4v) is 4.73. The first-order chi connectivity index (χ1) is 11.9. The summed E-state index contributed by atoms with van der Waals surface area (Å²) in [5.74, 6) is 0.461. The molecule has 134 valence electrons. The summed E-state index contributed by atoms with van der Waals surface area (Å²) in [4.78, 5) is 2.04. The molecule has 0 amide bonds. The van der Waals surface area contributed by atoms with E-state index in [4.69, 9.17) is 16.3 Å². The molecule has 0 atom stereocenters. The van der Waals surface area contributed by atoms with Crippen LogP contribution < -0.4 is 9.64 Å². The number of methoxy groups -OCH3 is 1. The van der Waals surface area contributed by atoms with Crippen LogP contribution in [-0.2, 0) is 10.0 Å². The molecule has 0 aliphatic carbocycles. The van der Waals surface area contributed by atoms with E-state index in [0.29, 0.717) is 36.9 Å². The van der Waals surface area contributed by atoms with E-state index in [1.165, 1.54) is 17.5 Å². The summed E-state index contributed by atoms with van der Waals surface area (Å²) in [5.41, 5.74) is 0.708. The molecule has 1 aliphatic rings. The number of benzene rings is 2. The zero-order chi connectivity index (χ0) is 18.0. The van der Waals surface area contributed by atoms with Crippen molar-refractivity contribution >= 4 is 27.3 Å². The molecule has 3 rings (SSSR count). The number of hydrogen-bond donors (Lipinski definition) is 1. The second-order valence-electron chi connectivity index (χ2n) is 5.68. The Morgan fingerprint density at radius 2 is 1.76 bits per heavy atom. The fourth-order valence-electron chi connectivity index (χ4n) is 2.89. The lowest BCUT2D eigenvalue weighted by Gasteiger charge is -2.35. The fraction of sp³-hybridized carbons (Fsp3) is 0.294. The van der Waals surface area contributed by atoms with Gasteiger partial charge in [0, 0.05) is 31.2 Å². The standard InChI is InChI=1S/C17H19ClN2O4S/c1-24-16-7-6-13(18)12-17(16)25(22,23)20-10-8-19(9-11-20)14-4-2-3-5-15(14)21/h2-7,12,21H,8-11H2,1H3. The van der Waals surface area contributed by atoms with E-state index in [-0.39, 0.29) is 16.4 Å². The van der Waals surface area contributed by atoms with Gasteiger partial charge >= 0.3 is 0 Å². The third kappa shape index (κ3) is 3.53. The van der Waals surface area contributed by atoms with Crippen LogP contribution in [0.3, 0.4) is 0 Å². The van der Waals surface area contributed by atoms with Crippen LogP contribution in [0.25, 0.3) is 0 Å². The lowest BCUT2D eigenvalue weighted by atomic mass is 10.2. The van der Waals surface area contributed by atoms with Crippen molar-refractivity contribution in [2.45, 2.75) is 4.90 Å². The van der Waals surface area contributed by atoms with Gasteiger partial charge in [0.1, 0.15) is 16.4 Å². The van der Waals surface area contributed by atoms with E-state index in [1.54, 1.807) is 24.3 Å². The lowest BCUT2D eigenvalue weighted by Crippen LogP contribution is -2.48. The van der Waals surface area contributed by atoms with Crippen LogP contribution in [0.2, 0.25) is 5.02 Å². The van der Waals surface area contributed by atoms with E-state index in [0.717, 1.165) is 0 Å². The highest BCUT2D eigenvalue weighted by Crippen LogP contribution is 2.32. The molecule has 2 aromatic rings. The molecule has 1 saturated heterocycles. The number of hydrogen-bond acceptors (Lipinski definition) is 5. The van der Waals surface area contributed by atoms with E-state index >= 15 is 0 Å². The average molecular weight is 383 g/mol. The Morgan fingerprint density at radius 3 is 2.40 bits per heavy atom. The van der Waals surface area contributed by atoms with Crippen LogP contribution in [0.15, 0.2) is 47.4 Å². The van der Waals surface area contributed by atoms with Gasteiger partial charge in [0.2, 0.25) is 10.0 Å². The number of nitrogens with zero attached hydrogens (tertiary/aromatic N) is 2. The Labute approximate surface area is 152 Å². The highest BCUT2D eigenvalue weighted by Gasteiger charge is 2.31. The third-order valence-corrected chi connectivity index (χ3v) is 6.36. The summed E-state index contributed by atoms with van der Waals surface area (Å²) < 4.78 is 32.5. The third-order valence-electron chi connectivity index (χ3n) is 4.20. The van der Waals surface area contributed by atoms with Crippen LogP contribution in [0.4, 0.5) is 5.69 Å². The predicted octanol–water partition coefficient (Wildman–Crippen LogP) is 2.57. The minimum Gasteiger partial charge on any atom is -0.506 e. The smallest absolute Gasteiger partial charge is 0.246 e. The molecule has 1 fully saturated rings. The molecule has 1 aliphatic heterocycles. The minimum atomic E-state index is -3.71. The predicted molar refractivity (Wildman–Crippen MR) is 97.1 cm³/mol. The number of phenols is 1. The second-order valence-corrected chi connectivity index (χ2v) is 8.02. The number of halogens is 1. The van der Waals surface area contributed by atoms with Crippen molar-refractivity contribution in [3.8, 4) is 11.5 Å². The van der Waals surface area contributed by atoms with Crippen molar-refractivity contribution in [2.24, 2.45) is 0 Å². The van der Waals surface area contributed by atoms with E-state index in [1.807, 2.05) is 17.0 Å². The molecule has 8 heteroatoms. The summed E-state index contributed by atoms with van der Waals surface area (Å²) in [7, 11) is -2.28. The van der Waals surface area contributed by atoms with Gasteiger partial charge in [-0.2, -0.15) is 4.31 Å². The van der Waals surface area contributed by atoms with Gasteiger partial charge in [0.25, 0.3) is 0 Å². The molecule has 0 spiro atoms. The maximum Gasteiger partial charge on any atom is 0.246 e. The molecule has 0 bridgehead atoms. The number of ether oxygens (including phenoxy) is 1. The SMILES string of the molecule is COc1ccc(Cl)cc1S(=O)(=O)N1CCN(c2ccccc2O)CC1. The van der Waals surface area contributed by atoms with E-state index in [2.05, 4.69) is 0 Å². The van der Waals surface area contributed by atoms with Gasteiger partial charge in [-0.05, 0) is 30.3 Å². The Balaban J connectivity index is 1.81. The summed E-state index contributed by atoms with van der Waals surface area (Å²) in [6, 6.07) is 11.6. The van der Waals surface area contributed by atoms with Gasteiger partial charge in [0.15, 0.2) is 0 Å². The quantitative estimate of drug-likeness (QED) is 0.880. The van der Waals surface area contributed by atoms with Crippen molar-refractivity contribution in [1.82, 2.24) is 4.31 Å². The topological polar surface area (TPSA) is 70.1 Å². The van der Waals surface area contributed by atoms with Crippen LogP contribution in [0.5, 0.6) is 11.5 Å². The monoisotopic (exact) mass is 382 g/mol. The molecule has 25 heavy (non-hydrogen) atoms. The Morgan fingerprint density at radius 1 is 1.08 bits per heavy atom. The number of anilines is 1. The van der Waals surface area contributed by atoms with Gasteiger partial charge in [-0.15, -0.1) is 0 Å². The van der Waals surface area contributed by atoms with Crippen molar-refractivity contribution in [2.75, 3.05) is 38.2 Å². The Hall–Kier alpha value is -1.96. The van der Waals surface area contributed by atoms with Gasteiger partial charge in [-0.3, -0.25) is 0 Å². The maximum atomic E-state index is 12.9. The molecule has 2 aromatic carbocycles. The van der Waals surface area contributed by atoms with Gasteiger partial charge in [-0.1, -0.05) is 23.7 Å². The molecule has 0 unspecified atom stereocenters. The number of phenolic OH excluding ortho intramolecular Hbond substituents is 1. The minimum absolute atomic E-state index is 0.0681. The first kappa shape index (κ1) is 17.8. The first-order valence-corrected chi connectivity index (χ1v) is 9.62. The van der Waals surface area contributed by atoms with E-state index in [9.17, 15) is 13.5 Å². The Bertz CT molecular complexity index is 865. The van der Waals surface area contributed by atoms with Crippen molar-refractivity contribution in [3.63, 3.8) is 0 Å². The van der Waals surface area contributed by atoms with Gasteiger partial charge in [-0.25, -0.2) is 8.42 Å². The van der Waals surface area contributed by atoms with Crippen LogP contribution >= 0.6 is 11.6 Å². The van der Waals surface area contributed by atoms with Crippen LogP contribution in [0, 0.1) is 0 Å². The zero-order valence-corrected chi connectivity index (χ0v) is 15.3. The molecule has 6 nitrogen and oxygen atoms in total. The summed E-state index contributed by atoms with van der Waals surface area (Å²) in [6.45, 7) is 1.60. The van der Waals surface area contributed by atoms with Crippen molar-refractivity contribution in [3.05, 3.63) is 47.5 Å². The molecule has 0 radical (unpaired) electrons. The molecule has 1 heterocycles. The zero-order valence-electron chi connectivity index (χ0n) is 13.7. The largest absolute Gasteiger partial charge is 0.506 e. The highest BCUT2D eigenvalue weighted by atomic mass is 35.5. The van der Waals surface area contributed by atoms with E-state index < -0.39 is 10.0 Å². The lowest BCUT2D eigenvalue weighted by molar-refractivity contribution is 0.372. The number of aromatic hydroxyl groups is 1. The first-order valence-electron chi connectivity index (χ1n) is 7.80. The van der Waals surface area contributed by atoms with Crippen molar-refractivity contribution in [1.29, 1.82) is 0 Å². The normalized spacial score (nSPS) is 16.0. The molecule has 0 aromatic heterocycles. The second kappa shape index (κ2) is 7.11. The van der Waals surface area contributed by atoms with Crippen LogP contribution in [0.1, 0.15) is 0 Å².